The average Bonchev–Trinajstić information content (AvgIpc) is 3.32. The highest BCUT2D eigenvalue weighted by atomic mass is 32.2. The van der Waals surface area contributed by atoms with Crippen LogP contribution in [0.1, 0.15) is 31.0 Å². The van der Waals surface area contributed by atoms with Crippen molar-refractivity contribution in [1.82, 2.24) is 25.0 Å². The Morgan fingerprint density at radius 2 is 1.96 bits per heavy atom. The predicted molar refractivity (Wildman–Crippen MR) is 93.8 cm³/mol. The summed E-state index contributed by atoms with van der Waals surface area (Å²) in [5, 5.41) is 12.2. The van der Waals surface area contributed by atoms with E-state index in [1.807, 2.05) is 18.2 Å². The molecule has 0 atom stereocenters. The fraction of sp³-hybridized carbons (Fsp3) is 0.412. The highest BCUT2D eigenvalue weighted by Gasteiger charge is 2.31. The van der Waals surface area contributed by atoms with Gasteiger partial charge >= 0.3 is 6.03 Å². The van der Waals surface area contributed by atoms with Gasteiger partial charge in [-0.05, 0) is 31.4 Å². The van der Waals surface area contributed by atoms with Gasteiger partial charge in [0.25, 0.3) is 0 Å². The number of amides is 3. The monoisotopic (exact) mass is 357 g/mol. The lowest BCUT2D eigenvalue weighted by atomic mass is 10.3. The Bertz CT molecular complexity index is 772. The van der Waals surface area contributed by atoms with Gasteiger partial charge in [-0.25, -0.2) is 4.79 Å². The first-order valence-electron chi connectivity index (χ1n) is 8.46. The second-order valence-electron chi connectivity index (χ2n) is 6.19. The van der Waals surface area contributed by atoms with Crippen LogP contribution in [-0.4, -0.2) is 50.4 Å². The Morgan fingerprint density at radius 3 is 2.64 bits per heavy atom. The molecule has 1 saturated heterocycles. The summed E-state index contributed by atoms with van der Waals surface area (Å²) in [7, 11) is 0. The standard InChI is InChI=1S/C17H19N5O2S/c23-14-11-18-16(24)21(14)9-4-10-25-17-20-19-15(12-7-8-12)22(17)13-5-2-1-3-6-13/h1-3,5-6,12H,4,7-11H2,(H,18,24). The van der Waals surface area contributed by atoms with Crippen molar-refractivity contribution in [3.63, 3.8) is 0 Å². The second-order valence-corrected chi connectivity index (χ2v) is 7.25. The van der Waals surface area contributed by atoms with Gasteiger partial charge in [0.05, 0.1) is 6.54 Å². The number of para-hydroxylation sites is 1. The highest BCUT2D eigenvalue weighted by molar-refractivity contribution is 7.99. The first-order chi connectivity index (χ1) is 12.2. The number of imide groups is 1. The van der Waals surface area contributed by atoms with Crippen molar-refractivity contribution in [1.29, 1.82) is 0 Å². The van der Waals surface area contributed by atoms with Crippen molar-refractivity contribution < 1.29 is 9.59 Å². The minimum atomic E-state index is -0.293. The number of thioether (sulfide) groups is 1. The highest BCUT2D eigenvalue weighted by Crippen LogP contribution is 2.41. The molecule has 1 aromatic carbocycles. The molecule has 1 aromatic heterocycles. The van der Waals surface area contributed by atoms with Gasteiger partial charge in [-0.2, -0.15) is 0 Å². The van der Waals surface area contributed by atoms with Gasteiger partial charge in [0, 0.05) is 23.9 Å². The van der Waals surface area contributed by atoms with E-state index >= 15 is 0 Å². The summed E-state index contributed by atoms with van der Waals surface area (Å²) < 4.78 is 2.13. The number of carbonyl (C=O) groups is 2. The van der Waals surface area contributed by atoms with E-state index in [2.05, 4.69) is 32.2 Å². The summed E-state index contributed by atoms with van der Waals surface area (Å²) >= 11 is 1.61. The van der Waals surface area contributed by atoms with Crippen LogP contribution in [0.25, 0.3) is 5.69 Å². The lowest BCUT2D eigenvalue weighted by Gasteiger charge is -2.12. The largest absolute Gasteiger partial charge is 0.329 e. The molecule has 2 heterocycles. The topological polar surface area (TPSA) is 80.1 Å². The van der Waals surface area contributed by atoms with E-state index in [1.54, 1.807) is 11.8 Å². The van der Waals surface area contributed by atoms with Crippen LogP contribution in [-0.2, 0) is 4.79 Å². The Balaban J connectivity index is 1.42. The second kappa shape index (κ2) is 6.87. The molecule has 7 nitrogen and oxygen atoms in total. The van der Waals surface area contributed by atoms with Gasteiger partial charge in [-0.3, -0.25) is 14.3 Å². The third-order valence-electron chi connectivity index (χ3n) is 4.31. The van der Waals surface area contributed by atoms with Crippen LogP contribution in [0, 0.1) is 0 Å². The molecule has 1 aliphatic carbocycles. The van der Waals surface area contributed by atoms with E-state index in [9.17, 15) is 9.59 Å². The molecule has 8 heteroatoms. The van der Waals surface area contributed by atoms with Gasteiger partial charge < -0.3 is 5.32 Å². The number of benzene rings is 1. The molecule has 4 rings (SSSR count). The number of nitrogens with one attached hydrogen (secondary N) is 1. The maximum Gasteiger partial charge on any atom is 0.324 e. The summed E-state index contributed by atoms with van der Waals surface area (Å²) in [6.07, 6.45) is 3.06. The first kappa shape index (κ1) is 16.1. The third-order valence-corrected chi connectivity index (χ3v) is 5.32. The van der Waals surface area contributed by atoms with Gasteiger partial charge in [-0.1, -0.05) is 30.0 Å². The maximum atomic E-state index is 11.6. The lowest BCUT2D eigenvalue weighted by molar-refractivity contribution is -0.124. The van der Waals surface area contributed by atoms with Crippen LogP contribution < -0.4 is 5.32 Å². The van der Waals surface area contributed by atoms with Crippen LogP contribution in [0.15, 0.2) is 35.5 Å². The van der Waals surface area contributed by atoms with E-state index in [1.165, 1.54) is 17.7 Å². The van der Waals surface area contributed by atoms with Crippen molar-refractivity contribution in [3.8, 4) is 5.69 Å². The van der Waals surface area contributed by atoms with E-state index in [-0.39, 0.29) is 18.5 Å². The number of hydrogen-bond acceptors (Lipinski definition) is 5. The fourth-order valence-electron chi connectivity index (χ4n) is 2.87. The van der Waals surface area contributed by atoms with Crippen molar-refractivity contribution >= 4 is 23.7 Å². The number of aromatic nitrogens is 3. The van der Waals surface area contributed by atoms with Crippen molar-refractivity contribution in [2.24, 2.45) is 0 Å². The number of rotatable bonds is 7. The molecular weight excluding hydrogens is 338 g/mol. The molecule has 0 unspecified atom stereocenters. The molecule has 130 valence electrons. The normalized spacial score (nSPS) is 17.2. The van der Waals surface area contributed by atoms with Crippen molar-refractivity contribution in [2.45, 2.75) is 30.3 Å². The van der Waals surface area contributed by atoms with E-state index in [0.717, 1.165) is 28.8 Å². The first-order valence-corrected chi connectivity index (χ1v) is 9.44. The van der Waals surface area contributed by atoms with Crippen molar-refractivity contribution in [3.05, 3.63) is 36.2 Å². The molecule has 3 amide bonds. The number of hydrogen-bond donors (Lipinski definition) is 1. The minimum Gasteiger partial charge on any atom is -0.329 e. The summed E-state index contributed by atoms with van der Waals surface area (Å²) in [5.74, 6) is 2.15. The molecule has 0 radical (unpaired) electrons. The number of nitrogens with zero attached hydrogens (tertiary/aromatic N) is 4. The molecule has 25 heavy (non-hydrogen) atoms. The smallest absolute Gasteiger partial charge is 0.324 e. The van der Waals surface area contributed by atoms with Gasteiger partial charge in [0.2, 0.25) is 5.91 Å². The predicted octanol–water partition coefficient (Wildman–Crippen LogP) is 2.18. The Labute approximate surface area is 149 Å². The molecule has 2 fully saturated rings. The van der Waals surface area contributed by atoms with Crippen LogP contribution in [0.3, 0.4) is 0 Å². The molecule has 2 aromatic rings. The third kappa shape index (κ3) is 3.39. The molecular formula is C17H19N5O2S. The van der Waals surface area contributed by atoms with Gasteiger partial charge in [-0.15, -0.1) is 10.2 Å². The van der Waals surface area contributed by atoms with E-state index in [4.69, 9.17) is 0 Å². The zero-order valence-corrected chi connectivity index (χ0v) is 14.5. The summed E-state index contributed by atoms with van der Waals surface area (Å²) in [6.45, 7) is 0.547. The molecule has 0 bridgehead atoms. The van der Waals surface area contributed by atoms with Crippen molar-refractivity contribution in [2.75, 3.05) is 18.8 Å². The van der Waals surface area contributed by atoms with E-state index < -0.39 is 0 Å². The van der Waals surface area contributed by atoms with E-state index in [0.29, 0.717) is 12.5 Å². The van der Waals surface area contributed by atoms with Crippen LogP contribution in [0.5, 0.6) is 0 Å². The van der Waals surface area contributed by atoms with Gasteiger partial charge in [0.15, 0.2) is 5.16 Å². The summed E-state index contributed by atoms with van der Waals surface area (Å²) in [5.41, 5.74) is 1.07. The number of carbonyl (C=O) groups excluding carboxylic acids is 2. The van der Waals surface area contributed by atoms with Crippen LogP contribution >= 0.6 is 11.8 Å². The average molecular weight is 357 g/mol. The van der Waals surface area contributed by atoms with Crippen LogP contribution in [0.2, 0.25) is 0 Å². The number of urea groups is 1. The van der Waals surface area contributed by atoms with Gasteiger partial charge in [0.1, 0.15) is 5.82 Å². The van der Waals surface area contributed by atoms with Crippen LogP contribution in [0.4, 0.5) is 4.79 Å². The minimum absolute atomic E-state index is 0.110. The summed E-state index contributed by atoms with van der Waals surface area (Å²) in [6, 6.07) is 9.85. The molecule has 1 aliphatic heterocycles. The zero-order chi connectivity index (χ0) is 17.2. The molecule has 0 spiro atoms. The Hall–Kier alpha value is -2.35. The lowest BCUT2D eigenvalue weighted by Crippen LogP contribution is -2.32. The molecule has 1 saturated carbocycles. The SMILES string of the molecule is O=C1CNC(=O)N1CCCSc1nnc(C2CC2)n1-c1ccccc1. The summed E-state index contributed by atoms with van der Waals surface area (Å²) in [4.78, 5) is 24.4. The molecule has 2 aliphatic rings. The molecule has 1 N–H and O–H groups in total. The Morgan fingerprint density at radius 1 is 1.16 bits per heavy atom. The quantitative estimate of drug-likeness (QED) is 0.467. The Kier molecular flexibility index (Phi) is 4.44. The fourth-order valence-corrected chi connectivity index (χ4v) is 3.75. The zero-order valence-electron chi connectivity index (χ0n) is 13.7. The maximum absolute atomic E-state index is 11.6.